The zero-order chi connectivity index (χ0) is 18.6. The number of methoxy groups -OCH3 is 1. The van der Waals surface area contributed by atoms with Crippen molar-refractivity contribution >= 4 is 27.3 Å². The Morgan fingerprint density at radius 3 is 3.15 bits per heavy atom. The summed E-state index contributed by atoms with van der Waals surface area (Å²) in [6, 6.07) is 8.33. The number of hydrogen-bond acceptors (Lipinski definition) is 5. The molecule has 3 aromatic rings. The van der Waals surface area contributed by atoms with E-state index in [4.69, 9.17) is 4.74 Å². The number of ether oxygens (including phenoxy) is 1. The lowest BCUT2D eigenvalue weighted by molar-refractivity contribution is 0.0940. The maximum atomic E-state index is 12.8. The Hall–Kier alpha value is -2.22. The van der Waals surface area contributed by atoms with Gasteiger partial charge in [0.15, 0.2) is 0 Å². The molecule has 0 radical (unpaired) electrons. The minimum Gasteiger partial charge on any atom is -0.383 e. The number of carbonyl (C=O) groups excluding carboxylic acids is 1. The van der Waals surface area contributed by atoms with Gasteiger partial charge in [-0.05, 0) is 30.0 Å². The first-order valence-electron chi connectivity index (χ1n) is 9.25. The van der Waals surface area contributed by atoms with E-state index >= 15 is 0 Å². The summed E-state index contributed by atoms with van der Waals surface area (Å²) >= 11 is 1.59. The zero-order valence-electron chi connectivity index (χ0n) is 15.4. The van der Waals surface area contributed by atoms with Gasteiger partial charge in [0.25, 0.3) is 5.91 Å². The molecule has 2 aromatic heterocycles. The smallest absolute Gasteiger partial charge is 0.261 e. The molecule has 1 aliphatic rings. The van der Waals surface area contributed by atoms with E-state index in [9.17, 15) is 4.79 Å². The first-order chi connectivity index (χ1) is 13.3. The molecule has 27 heavy (non-hydrogen) atoms. The second-order valence-electron chi connectivity index (χ2n) is 6.85. The van der Waals surface area contributed by atoms with Crippen molar-refractivity contribution in [1.82, 2.24) is 20.2 Å². The van der Waals surface area contributed by atoms with Gasteiger partial charge in [-0.15, -0.1) is 11.3 Å². The average Bonchev–Trinajstić information content (AvgIpc) is 3.41. The zero-order valence-corrected chi connectivity index (χ0v) is 16.2. The maximum Gasteiger partial charge on any atom is 0.261 e. The van der Waals surface area contributed by atoms with Crippen molar-refractivity contribution in [3.8, 4) is 0 Å². The Morgan fingerprint density at radius 2 is 2.33 bits per heavy atom. The molecule has 0 bridgehead atoms. The van der Waals surface area contributed by atoms with E-state index in [0.29, 0.717) is 19.1 Å². The molecule has 1 atom stereocenters. The monoisotopic (exact) mass is 384 g/mol. The summed E-state index contributed by atoms with van der Waals surface area (Å²) in [5.41, 5.74) is 1.20. The highest BCUT2D eigenvalue weighted by Crippen LogP contribution is 2.40. The molecule has 1 aliphatic heterocycles. The Morgan fingerprint density at radius 1 is 1.44 bits per heavy atom. The fraction of sp³-hybridized carbons (Fsp3) is 0.400. The van der Waals surface area contributed by atoms with E-state index in [0.717, 1.165) is 36.8 Å². The third kappa shape index (κ3) is 3.90. The van der Waals surface area contributed by atoms with Crippen molar-refractivity contribution in [3.63, 3.8) is 0 Å². The van der Waals surface area contributed by atoms with Gasteiger partial charge in [0, 0.05) is 43.2 Å². The third-order valence-electron chi connectivity index (χ3n) is 5.04. The lowest BCUT2D eigenvalue weighted by Crippen LogP contribution is -2.27. The predicted octanol–water partition coefficient (Wildman–Crippen LogP) is 2.99. The van der Waals surface area contributed by atoms with Crippen LogP contribution in [0.5, 0.6) is 0 Å². The van der Waals surface area contributed by atoms with Gasteiger partial charge in [0.1, 0.15) is 5.82 Å². The lowest BCUT2D eigenvalue weighted by Gasteiger charge is -2.15. The van der Waals surface area contributed by atoms with Crippen molar-refractivity contribution < 1.29 is 9.53 Å². The van der Waals surface area contributed by atoms with E-state index in [-0.39, 0.29) is 5.91 Å². The van der Waals surface area contributed by atoms with Crippen LogP contribution in [0.3, 0.4) is 0 Å². The van der Waals surface area contributed by atoms with E-state index in [2.05, 4.69) is 38.4 Å². The molecule has 4 rings (SSSR count). The van der Waals surface area contributed by atoms with Gasteiger partial charge in [0.05, 0.1) is 18.0 Å². The Balaban J connectivity index is 1.58. The lowest BCUT2D eigenvalue weighted by atomic mass is 9.95. The van der Waals surface area contributed by atoms with Crippen molar-refractivity contribution in [1.29, 1.82) is 0 Å². The number of thiophene rings is 1. The largest absolute Gasteiger partial charge is 0.383 e. The van der Waals surface area contributed by atoms with E-state index in [1.807, 2.05) is 12.3 Å². The molecule has 1 aromatic carbocycles. The SMILES string of the molecule is COCCNC(=O)c1sc2ccccc2c1C1CCN(Cc2ncc[nH]2)C1. The summed E-state index contributed by atoms with van der Waals surface area (Å²) < 4.78 is 6.23. The Labute approximate surface area is 162 Å². The normalized spacial score (nSPS) is 17.6. The van der Waals surface area contributed by atoms with Crippen LogP contribution in [0.15, 0.2) is 36.7 Å². The molecule has 1 amide bonds. The maximum absolute atomic E-state index is 12.8. The topological polar surface area (TPSA) is 70.2 Å². The van der Waals surface area contributed by atoms with Gasteiger partial charge < -0.3 is 15.0 Å². The van der Waals surface area contributed by atoms with Crippen LogP contribution in [-0.2, 0) is 11.3 Å². The van der Waals surface area contributed by atoms with Crippen LogP contribution >= 0.6 is 11.3 Å². The van der Waals surface area contributed by atoms with Crippen LogP contribution < -0.4 is 5.32 Å². The number of amides is 1. The van der Waals surface area contributed by atoms with Gasteiger partial charge in [0.2, 0.25) is 0 Å². The second-order valence-corrected chi connectivity index (χ2v) is 7.90. The van der Waals surface area contributed by atoms with E-state index < -0.39 is 0 Å². The molecule has 1 fully saturated rings. The van der Waals surface area contributed by atoms with Crippen LogP contribution in [0.1, 0.15) is 33.4 Å². The van der Waals surface area contributed by atoms with Crippen LogP contribution in [0.25, 0.3) is 10.1 Å². The number of imidazole rings is 1. The molecule has 7 heteroatoms. The van der Waals surface area contributed by atoms with E-state index in [1.54, 1.807) is 24.6 Å². The summed E-state index contributed by atoms with van der Waals surface area (Å²) in [6.45, 7) is 3.83. The summed E-state index contributed by atoms with van der Waals surface area (Å²) in [5.74, 6) is 1.36. The molecule has 0 aliphatic carbocycles. The quantitative estimate of drug-likeness (QED) is 0.615. The second kappa shape index (κ2) is 8.21. The summed E-state index contributed by atoms with van der Waals surface area (Å²) in [7, 11) is 1.64. The molecular formula is C20H24N4O2S. The number of aromatic amines is 1. The van der Waals surface area contributed by atoms with Gasteiger partial charge >= 0.3 is 0 Å². The van der Waals surface area contributed by atoms with Crippen molar-refractivity contribution in [2.75, 3.05) is 33.4 Å². The van der Waals surface area contributed by atoms with Crippen LogP contribution in [0.2, 0.25) is 0 Å². The first-order valence-corrected chi connectivity index (χ1v) is 10.1. The molecular weight excluding hydrogens is 360 g/mol. The molecule has 6 nitrogen and oxygen atoms in total. The third-order valence-corrected chi connectivity index (χ3v) is 6.23. The molecule has 0 saturated carbocycles. The first kappa shape index (κ1) is 18.2. The van der Waals surface area contributed by atoms with Gasteiger partial charge in [-0.25, -0.2) is 4.98 Å². The highest BCUT2D eigenvalue weighted by Gasteiger charge is 2.30. The number of hydrogen-bond donors (Lipinski definition) is 2. The standard InChI is InChI=1S/C20H24N4O2S/c1-26-11-9-23-20(25)19-18(15-4-2-3-5-16(15)27-19)14-6-10-24(12-14)13-17-21-7-8-22-17/h2-5,7-8,14H,6,9-13H2,1H3,(H,21,22)(H,23,25). The van der Waals surface area contributed by atoms with Crippen LogP contribution in [-0.4, -0.2) is 54.1 Å². The number of likely N-dealkylation sites (tertiary alicyclic amines) is 1. The molecule has 3 heterocycles. The molecule has 1 saturated heterocycles. The van der Waals surface area contributed by atoms with Crippen LogP contribution in [0.4, 0.5) is 0 Å². The van der Waals surface area contributed by atoms with Crippen molar-refractivity contribution in [2.24, 2.45) is 0 Å². The number of H-pyrrole nitrogens is 1. The Kier molecular flexibility index (Phi) is 5.52. The van der Waals surface area contributed by atoms with Gasteiger partial charge in [-0.3, -0.25) is 9.69 Å². The van der Waals surface area contributed by atoms with Crippen molar-refractivity contribution in [3.05, 3.63) is 52.9 Å². The van der Waals surface area contributed by atoms with E-state index in [1.165, 1.54) is 15.6 Å². The molecule has 142 valence electrons. The fourth-order valence-electron chi connectivity index (χ4n) is 3.79. The predicted molar refractivity (Wildman–Crippen MR) is 107 cm³/mol. The van der Waals surface area contributed by atoms with Crippen molar-refractivity contribution in [2.45, 2.75) is 18.9 Å². The number of nitrogens with zero attached hydrogens (tertiary/aromatic N) is 2. The highest BCUT2D eigenvalue weighted by atomic mass is 32.1. The number of fused-ring (bicyclic) bond motifs is 1. The number of benzene rings is 1. The Bertz CT molecular complexity index is 906. The summed E-state index contributed by atoms with van der Waals surface area (Å²) in [5, 5.41) is 4.20. The molecule has 1 unspecified atom stereocenters. The summed E-state index contributed by atoms with van der Waals surface area (Å²) in [6.07, 6.45) is 4.70. The number of rotatable bonds is 7. The average molecular weight is 385 g/mol. The number of aromatic nitrogens is 2. The summed E-state index contributed by atoms with van der Waals surface area (Å²) in [4.78, 5) is 23.6. The molecule has 0 spiro atoms. The minimum atomic E-state index is 0.00716. The van der Waals surface area contributed by atoms with Gasteiger partial charge in [-0.1, -0.05) is 18.2 Å². The number of carbonyl (C=O) groups is 1. The minimum absolute atomic E-state index is 0.00716. The molecule has 2 N–H and O–H groups in total. The fourth-order valence-corrected chi connectivity index (χ4v) is 5.00. The number of nitrogens with one attached hydrogen (secondary N) is 2. The van der Waals surface area contributed by atoms with Gasteiger partial charge in [-0.2, -0.15) is 0 Å². The van der Waals surface area contributed by atoms with Crippen LogP contribution in [0, 0.1) is 0 Å². The highest BCUT2D eigenvalue weighted by molar-refractivity contribution is 7.21.